The van der Waals surface area contributed by atoms with Crippen molar-refractivity contribution in [3.05, 3.63) is 53.3 Å². The summed E-state index contributed by atoms with van der Waals surface area (Å²) >= 11 is 0. The number of pyridine rings is 1. The van der Waals surface area contributed by atoms with Gasteiger partial charge >= 0.3 is 6.09 Å². The molecule has 11 heteroatoms. The van der Waals surface area contributed by atoms with Crippen molar-refractivity contribution in [2.75, 3.05) is 7.11 Å². The Kier molecular flexibility index (Phi) is 8.78. The molecule has 0 bridgehead atoms. The third kappa shape index (κ3) is 8.23. The van der Waals surface area contributed by atoms with Gasteiger partial charge in [-0.15, -0.1) is 10.2 Å². The van der Waals surface area contributed by atoms with Crippen LogP contribution < -0.4 is 15.4 Å². The second-order valence-corrected chi connectivity index (χ2v) is 10.9. The molecule has 1 aliphatic rings. The van der Waals surface area contributed by atoms with E-state index >= 15 is 0 Å². The van der Waals surface area contributed by atoms with Crippen LogP contribution in [0.5, 0.6) is 5.75 Å². The van der Waals surface area contributed by atoms with Gasteiger partial charge in [0, 0.05) is 23.8 Å². The highest BCUT2D eigenvalue weighted by Crippen LogP contribution is 2.26. The summed E-state index contributed by atoms with van der Waals surface area (Å²) in [5.41, 5.74) is 2.08. The average molecular weight is 536 g/mol. The standard InChI is InChI=1S/C28H37N7O4/c1-18-13-21(15-24(30-18)26(36)29-16-20-7-6-8-23(14-20)38-5)25-32-34-35(33-25)17-19-9-11-22(12-10-19)31-27(37)39-28(2,3)4/h6-8,13-15,19,22H,9-12,16-17H2,1-5H3,(H,29,36)(H,31,37)/t19-,22+. The van der Waals surface area contributed by atoms with E-state index in [9.17, 15) is 9.59 Å². The number of aryl methyl sites for hydroxylation is 1. The number of amides is 2. The maximum atomic E-state index is 12.8. The Bertz CT molecular complexity index is 1290. The number of hydrogen-bond acceptors (Lipinski definition) is 8. The molecule has 0 unspecified atom stereocenters. The van der Waals surface area contributed by atoms with Crippen LogP contribution in [-0.2, 0) is 17.8 Å². The Labute approximate surface area is 228 Å². The summed E-state index contributed by atoms with van der Waals surface area (Å²) in [5, 5.41) is 18.9. The monoisotopic (exact) mass is 535 g/mol. The fourth-order valence-electron chi connectivity index (χ4n) is 4.60. The molecule has 1 fully saturated rings. The van der Waals surface area contributed by atoms with E-state index in [1.54, 1.807) is 18.0 Å². The Hall–Kier alpha value is -4.02. The summed E-state index contributed by atoms with van der Waals surface area (Å²) in [6, 6.07) is 11.2. The van der Waals surface area contributed by atoms with Gasteiger partial charge in [0.05, 0.1) is 13.7 Å². The first-order chi connectivity index (χ1) is 18.6. The molecule has 0 radical (unpaired) electrons. The van der Waals surface area contributed by atoms with Crippen molar-refractivity contribution in [1.29, 1.82) is 0 Å². The maximum absolute atomic E-state index is 12.8. The van der Waals surface area contributed by atoms with Crippen molar-refractivity contribution in [2.45, 2.75) is 78.1 Å². The van der Waals surface area contributed by atoms with Crippen LogP contribution in [0.1, 0.15) is 68.2 Å². The van der Waals surface area contributed by atoms with E-state index in [4.69, 9.17) is 9.47 Å². The summed E-state index contributed by atoms with van der Waals surface area (Å²) in [6.07, 6.45) is 3.29. The van der Waals surface area contributed by atoms with E-state index in [1.165, 1.54) is 0 Å². The molecule has 0 aliphatic heterocycles. The van der Waals surface area contributed by atoms with Crippen LogP contribution in [0.4, 0.5) is 4.79 Å². The predicted molar refractivity (Wildman–Crippen MR) is 145 cm³/mol. The summed E-state index contributed by atoms with van der Waals surface area (Å²) in [4.78, 5) is 30.9. The number of carbonyl (C=O) groups is 2. The van der Waals surface area contributed by atoms with Crippen molar-refractivity contribution in [3.63, 3.8) is 0 Å². The zero-order valence-electron chi connectivity index (χ0n) is 23.2. The Morgan fingerprint density at radius 3 is 2.59 bits per heavy atom. The van der Waals surface area contributed by atoms with Crippen molar-refractivity contribution >= 4 is 12.0 Å². The van der Waals surface area contributed by atoms with Crippen LogP contribution >= 0.6 is 0 Å². The maximum Gasteiger partial charge on any atom is 0.407 e. The molecule has 4 rings (SSSR count). The van der Waals surface area contributed by atoms with Gasteiger partial charge in [0.25, 0.3) is 5.91 Å². The van der Waals surface area contributed by atoms with Gasteiger partial charge in [-0.3, -0.25) is 4.79 Å². The van der Waals surface area contributed by atoms with E-state index in [0.717, 1.165) is 37.0 Å². The van der Waals surface area contributed by atoms with E-state index in [0.29, 0.717) is 41.8 Å². The molecule has 1 aliphatic carbocycles. The quantitative estimate of drug-likeness (QED) is 0.441. The molecule has 2 N–H and O–H groups in total. The lowest BCUT2D eigenvalue weighted by molar-refractivity contribution is 0.0485. The normalized spacial score (nSPS) is 17.4. The molecule has 2 amide bonds. The van der Waals surface area contributed by atoms with Crippen molar-refractivity contribution in [3.8, 4) is 17.1 Å². The number of aromatic nitrogens is 5. The van der Waals surface area contributed by atoms with Gasteiger partial charge in [-0.1, -0.05) is 12.1 Å². The number of alkyl carbamates (subject to hydrolysis) is 1. The minimum atomic E-state index is -0.507. The van der Waals surface area contributed by atoms with Crippen molar-refractivity contribution < 1.29 is 19.1 Å². The number of carbonyl (C=O) groups excluding carboxylic acids is 2. The summed E-state index contributed by atoms with van der Waals surface area (Å²) in [6.45, 7) is 8.40. The minimum Gasteiger partial charge on any atom is -0.497 e. The van der Waals surface area contributed by atoms with Crippen LogP contribution in [0.15, 0.2) is 36.4 Å². The fraction of sp³-hybridized carbons (Fsp3) is 0.500. The molecular formula is C28H37N7O4. The van der Waals surface area contributed by atoms with Gasteiger partial charge in [0.2, 0.25) is 5.82 Å². The first kappa shape index (κ1) is 28.0. The Morgan fingerprint density at radius 1 is 1.10 bits per heavy atom. The molecule has 1 aromatic carbocycles. The number of benzene rings is 1. The van der Waals surface area contributed by atoms with Gasteiger partial charge in [-0.05, 0) is 94.3 Å². The molecule has 3 aromatic rings. The van der Waals surface area contributed by atoms with Crippen LogP contribution in [0.3, 0.4) is 0 Å². The zero-order valence-corrected chi connectivity index (χ0v) is 23.2. The lowest BCUT2D eigenvalue weighted by Crippen LogP contribution is -2.41. The van der Waals surface area contributed by atoms with E-state index in [2.05, 4.69) is 31.0 Å². The highest BCUT2D eigenvalue weighted by atomic mass is 16.6. The average Bonchev–Trinajstić information content (AvgIpc) is 3.35. The van der Waals surface area contributed by atoms with Gasteiger partial charge in [-0.2, -0.15) is 4.80 Å². The number of hydrogen-bond donors (Lipinski definition) is 2. The van der Waals surface area contributed by atoms with Crippen LogP contribution in [-0.4, -0.2) is 55.9 Å². The van der Waals surface area contributed by atoms with Crippen LogP contribution in [0.2, 0.25) is 0 Å². The second kappa shape index (κ2) is 12.2. The van der Waals surface area contributed by atoms with Gasteiger partial charge < -0.3 is 20.1 Å². The molecule has 208 valence electrons. The first-order valence-electron chi connectivity index (χ1n) is 13.3. The molecule has 2 heterocycles. The van der Waals surface area contributed by atoms with Crippen molar-refractivity contribution in [2.24, 2.45) is 5.92 Å². The summed E-state index contributed by atoms with van der Waals surface area (Å²) in [7, 11) is 1.61. The fourth-order valence-corrected chi connectivity index (χ4v) is 4.60. The third-order valence-electron chi connectivity index (χ3n) is 6.47. The molecule has 0 spiro atoms. The summed E-state index contributed by atoms with van der Waals surface area (Å²) < 4.78 is 10.6. The highest BCUT2D eigenvalue weighted by molar-refractivity contribution is 5.93. The van der Waals surface area contributed by atoms with Gasteiger partial charge in [0.1, 0.15) is 17.0 Å². The smallest absolute Gasteiger partial charge is 0.407 e. The lowest BCUT2D eigenvalue weighted by Gasteiger charge is -2.29. The third-order valence-corrected chi connectivity index (χ3v) is 6.47. The Balaban J connectivity index is 1.32. The first-order valence-corrected chi connectivity index (χ1v) is 13.3. The van der Waals surface area contributed by atoms with E-state index in [1.807, 2.05) is 58.0 Å². The number of methoxy groups -OCH3 is 1. The molecular weight excluding hydrogens is 498 g/mol. The van der Waals surface area contributed by atoms with Crippen LogP contribution in [0, 0.1) is 12.8 Å². The minimum absolute atomic E-state index is 0.114. The largest absolute Gasteiger partial charge is 0.497 e. The zero-order chi connectivity index (χ0) is 28.0. The SMILES string of the molecule is COc1cccc(CNC(=O)c2cc(-c3nnn(C[C@H]4CC[C@@H](NC(=O)OC(C)(C)C)CC4)n3)cc(C)n2)c1. The van der Waals surface area contributed by atoms with Crippen LogP contribution in [0.25, 0.3) is 11.4 Å². The Morgan fingerprint density at radius 2 is 1.87 bits per heavy atom. The number of nitrogens with one attached hydrogen (secondary N) is 2. The number of tetrazole rings is 1. The highest BCUT2D eigenvalue weighted by Gasteiger charge is 2.25. The van der Waals surface area contributed by atoms with Gasteiger partial charge in [0.15, 0.2) is 0 Å². The number of nitrogens with zero attached hydrogens (tertiary/aromatic N) is 5. The van der Waals surface area contributed by atoms with E-state index in [-0.39, 0.29) is 18.0 Å². The number of ether oxygens (including phenoxy) is 2. The molecule has 2 aromatic heterocycles. The van der Waals surface area contributed by atoms with Crippen molar-refractivity contribution in [1.82, 2.24) is 35.8 Å². The van der Waals surface area contributed by atoms with E-state index < -0.39 is 5.60 Å². The lowest BCUT2D eigenvalue weighted by atomic mass is 9.86. The predicted octanol–water partition coefficient (Wildman–Crippen LogP) is 4.07. The number of rotatable bonds is 8. The van der Waals surface area contributed by atoms with Gasteiger partial charge in [-0.25, -0.2) is 9.78 Å². The topological polar surface area (TPSA) is 133 Å². The molecule has 11 nitrogen and oxygen atoms in total. The molecule has 0 atom stereocenters. The molecule has 39 heavy (non-hydrogen) atoms. The summed E-state index contributed by atoms with van der Waals surface area (Å²) in [5.74, 6) is 1.28. The molecule has 1 saturated carbocycles. The second-order valence-electron chi connectivity index (χ2n) is 10.9. The molecule has 0 saturated heterocycles.